The molecule has 0 spiro atoms. The summed E-state index contributed by atoms with van der Waals surface area (Å²) in [5.74, 6) is 0.935. The van der Waals surface area contributed by atoms with Gasteiger partial charge in [0.2, 0.25) is 0 Å². The van der Waals surface area contributed by atoms with Gasteiger partial charge in [-0.15, -0.1) is 0 Å². The highest BCUT2D eigenvalue weighted by Gasteiger charge is 2.25. The Bertz CT molecular complexity index is 807. The van der Waals surface area contributed by atoms with Crippen molar-refractivity contribution in [3.8, 4) is 0 Å². The van der Waals surface area contributed by atoms with E-state index in [1.165, 1.54) is 6.07 Å². The topological polar surface area (TPSA) is 55.8 Å². The van der Waals surface area contributed by atoms with E-state index in [2.05, 4.69) is 44.8 Å². The number of halogens is 1. The van der Waals surface area contributed by atoms with E-state index < -0.39 is 0 Å². The van der Waals surface area contributed by atoms with E-state index in [1.54, 1.807) is 12.3 Å². The van der Waals surface area contributed by atoms with Gasteiger partial charge in [-0.05, 0) is 43.2 Å². The highest BCUT2D eigenvalue weighted by atomic mass is 19.1. The van der Waals surface area contributed by atoms with Crippen LogP contribution in [0.1, 0.15) is 18.9 Å². The number of nitrogens with one attached hydrogen (secondary N) is 2. The first-order valence-electron chi connectivity index (χ1n) is 9.73. The van der Waals surface area contributed by atoms with Gasteiger partial charge >= 0.3 is 0 Å². The fraction of sp³-hybridized carbons (Fsp3) is 0.429. The molecule has 0 saturated carbocycles. The summed E-state index contributed by atoms with van der Waals surface area (Å²) in [4.78, 5) is 13.0. The van der Waals surface area contributed by atoms with Crippen molar-refractivity contribution in [2.24, 2.45) is 4.99 Å². The molecule has 6 nitrogen and oxygen atoms in total. The van der Waals surface area contributed by atoms with E-state index in [-0.39, 0.29) is 11.9 Å². The maximum absolute atomic E-state index is 14.0. The van der Waals surface area contributed by atoms with Gasteiger partial charge in [-0.3, -0.25) is 0 Å². The molecule has 0 aliphatic carbocycles. The van der Waals surface area contributed by atoms with Crippen molar-refractivity contribution in [2.45, 2.75) is 25.9 Å². The van der Waals surface area contributed by atoms with Crippen molar-refractivity contribution >= 4 is 17.5 Å². The molecule has 2 aromatic rings. The lowest BCUT2D eigenvalue weighted by molar-refractivity contribution is 0.612. The molecular weight excluding hydrogens is 355 g/mol. The standard InChI is InChI=1S/C21H29FN6/c1-4-23-21(25-14-16-7-5-8-18(13-16)27(2)3)26-17-10-12-28(15-17)20-19(22)9-6-11-24-20/h5-9,11,13,17H,4,10,12,14-15H2,1-3H3,(H2,23,25,26). The van der Waals surface area contributed by atoms with Crippen LogP contribution in [0.4, 0.5) is 15.9 Å². The largest absolute Gasteiger partial charge is 0.378 e. The molecule has 2 N–H and O–H groups in total. The summed E-state index contributed by atoms with van der Waals surface area (Å²) in [6, 6.07) is 11.6. The molecule has 1 aliphatic heterocycles. The van der Waals surface area contributed by atoms with Crippen LogP contribution in [0.3, 0.4) is 0 Å². The summed E-state index contributed by atoms with van der Waals surface area (Å²) in [7, 11) is 4.06. The maximum atomic E-state index is 14.0. The monoisotopic (exact) mass is 384 g/mol. The van der Waals surface area contributed by atoms with Gasteiger partial charge in [-0.25, -0.2) is 14.4 Å². The third-order valence-electron chi connectivity index (χ3n) is 4.76. The zero-order chi connectivity index (χ0) is 19.9. The van der Waals surface area contributed by atoms with Crippen LogP contribution >= 0.6 is 0 Å². The van der Waals surface area contributed by atoms with Crippen molar-refractivity contribution in [1.82, 2.24) is 15.6 Å². The third kappa shape index (κ3) is 5.12. The van der Waals surface area contributed by atoms with Crippen molar-refractivity contribution in [1.29, 1.82) is 0 Å². The van der Waals surface area contributed by atoms with Crippen LogP contribution in [-0.4, -0.2) is 50.7 Å². The van der Waals surface area contributed by atoms with Gasteiger partial charge in [0, 0.05) is 51.7 Å². The van der Waals surface area contributed by atoms with Crippen LogP contribution in [0.5, 0.6) is 0 Å². The van der Waals surface area contributed by atoms with E-state index in [4.69, 9.17) is 4.99 Å². The minimum atomic E-state index is -0.274. The molecule has 0 radical (unpaired) electrons. The Hall–Kier alpha value is -2.83. The molecule has 1 atom stereocenters. The highest BCUT2D eigenvalue weighted by molar-refractivity contribution is 5.80. The molecular formula is C21H29FN6. The fourth-order valence-electron chi connectivity index (χ4n) is 3.30. The molecule has 1 aliphatic rings. The van der Waals surface area contributed by atoms with Crippen LogP contribution < -0.4 is 20.4 Å². The summed E-state index contributed by atoms with van der Waals surface area (Å²) in [6.07, 6.45) is 2.54. The highest BCUT2D eigenvalue weighted by Crippen LogP contribution is 2.20. The second-order valence-corrected chi connectivity index (χ2v) is 7.14. The average Bonchev–Trinajstić information content (AvgIpc) is 3.15. The van der Waals surface area contributed by atoms with Gasteiger partial charge in [-0.1, -0.05) is 12.1 Å². The van der Waals surface area contributed by atoms with Crippen LogP contribution in [0, 0.1) is 5.82 Å². The quantitative estimate of drug-likeness (QED) is 0.592. The van der Waals surface area contributed by atoms with Crippen molar-refractivity contribution in [2.75, 3.05) is 43.5 Å². The van der Waals surface area contributed by atoms with Crippen molar-refractivity contribution < 1.29 is 4.39 Å². The Morgan fingerprint density at radius 1 is 1.32 bits per heavy atom. The van der Waals surface area contributed by atoms with Crippen molar-refractivity contribution in [3.63, 3.8) is 0 Å². The third-order valence-corrected chi connectivity index (χ3v) is 4.76. The van der Waals surface area contributed by atoms with Gasteiger partial charge in [-0.2, -0.15) is 0 Å². The first-order valence-corrected chi connectivity index (χ1v) is 9.73. The van der Waals surface area contributed by atoms with E-state index in [9.17, 15) is 4.39 Å². The molecule has 1 unspecified atom stereocenters. The lowest BCUT2D eigenvalue weighted by Gasteiger charge is -2.20. The van der Waals surface area contributed by atoms with E-state index in [0.717, 1.165) is 36.7 Å². The number of hydrogen-bond acceptors (Lipinski definition) is 4. The summed E-state index contributed by atoms with van der Waals surface area (Å²) in [5.41, 5.74) is 2.32. The fourth-order valence-corrected chi connectivity index (χ4v) is 3.30. The molecule has 1 saturated heterocycles. The van der Waals surface area contributed by atoms with E-state index in [1.807, 2.05) is 25.9 Å². The first kappa shape index (κ1) is 19.9. The minimum Gasteiger partial charge on any atom is -0.378 e. The normalized spacial score (nSPS) is 16.9. The number of hydrogen-bond donors (Lipinski definition) is 2. The number of aliphatic imine (C=N–C) groups is 1. The van der Waals surface area contributed by atoms with Crippen molar-refractivity contribution in [3.05, 3.63) is 54.0 Å². The smallest absolute Gasteiger partial charge is 0.191 e. The molecule has 3 rings (SSSR count). The number of rotatable bonds is 6. The predicted octanol–water partition coefficient (Wildman–Crippen LogP) is 2.62. The summed E-state index contributed by atoms with van der Waals surface area (Å²) in [5, 5.41) is 6.78. The first-order chi connectivity index (χ1) is 13.6. The Morgan fingerprint density at radius 3 is 2.93 bits per heavy atom. The lowest BCUT2D eigenvalue weighted by atomic mass is 10.2. The number of aromatic nitrogens is 1. The Morgan fingerprint density at radius 2 is 2.18 bits per heavy atom. The Kier molecular flexibility index (Phi) is 6.68. The number of benzene rings is 1. The predicted molar refractivity (Wildman–Crippen MR) is 114 cm³/mol. The molecule has 1 aromatic carbocycles. The molecule has 1 fully saturated rings. The second kappa shape index (κ2) is 9.39. The number of guanidine groups is 1. The van der Waals surface area contributed by atoms with Crippen LogP contribution in [0.25, 0.3) is 0 Å². The SMILES string of the molecule is CCNC(=NCc1cccc(N(C)C)c1)NC1CCN(c2ncccc2F)C1. The van der Waals surface area contributed by atoms with E-state index in [0.29, 0.717) is 18.9 Å². The van der Waals surface area contributed by atoms with Gasteiger partial charge in [0.1, 0.15) is 0 Å². The summed E-state index contributed by atoms with van der Waals surface area (Å²) < 4.78 is 14.0. The van der Waals surface area contributed by atoms with Gasteiger partial charge < -0.3 is 20.4 Å². The van der Waals surface area contributed by atoms with Crippen LogP contribution in [0.15, 0.2) is 47.6 Å². The average molecular weight is 385 g/mol. The van der Waals surface area contributed by atoms with Gasteiger partial charge in [0.25, 0.3) is 0 Å². The molecule has 0 bridgehead atoms. The molecule has 1 aromatic heterocycles. The number of anilines is 2. The zero-order valence-corrected chi connectivity index (χ0v) is 16.8. The lowest BCUT2D eigenvalue weighted by Crippen LogP contribution is -2.44. The van der Waals surface area contributed by atoms with Gasteiger partial charge in [0.05, 0.1) is 6.54 Å². The maximum Gasteiger partial charge on any atom is 0.191 e. The van der Waals surface area contributed by atoms with Crippen LogP contribution in [-0.2, 0) is 6.54 Å². The Labute approximate surface area is 166 Å². The molecule has 28 heavy (non-hydrogen) atoms. The molecule has 0 amide bonds. The summed E-state index contributed by atoms with van der Waals surface area (Å²) in [6.45, 7) is 4.91. The minimum absolute atomic E-state index is 0.201. The molecule has 150 valence electrons. The number of nitrogens with zero attached hydrogens (tertiary/aromatic N) is 4. The van der Waals surface area contributed by atoms with Crippen LogP contribution in [0.2, 0.25) is 0 Å². The van der Waals surface area contributed by atoms with E-state index >= 15 is 0 Å². The molecule has 2 heterocycles. The second-order valence-electron chi connectivity index (χ2n) is 7.14. The van der Waals surface area contributed by atoms with Gasteiger partial charge in [0.15, 0.2) is 17.6 Å². The Balaban J connectivity index is 1.62. The zero-order valence-electron chi connectivity index (χ0n) is 16.8. The summed E-state index contributed by atoms with van der Waals surface area (Å²) >= 11 is 0. The number of pyridine rings is 1. The molecule has 7 heteroatoms.